The Hall–Kier alpha value is -3.35. The summed E-state index contributed by atoms with van der Waals surface area (Å²) in [6.07, 6.45) is 4.54. The van der Waals surface area contributed by atoms with E-state index in [-0.39, 0.29) is 37.3 Å². The molecule has 0 spiro atoms. The standard InChI is InChI=1S/C24H24FN3O3/c1-2-31-23(30)24(15-18-6-3-4-7-19(18)25)10-5-13-28(16-24)22(29)17-8-9-20-21(14-17)27-12-11-26-20/h3-4,6-9,11-12,14H,2,5,10,13,15-16H2,1H3/t24-/m0/s1. The van der Waals surface area contributed by atoms with Crippen LogP contribution in [0.3, 0.4) is 0 Å². The Morgan fingerprint density at radius 2 is 1.90 bits per heavy atom. The van der Waals surface area contributed by atoms with Gasteiger partial charge in [-0.25, -0.2) is 4.39 Å². The number of rotatable bonds is 5. The monoisotopic (exact) mass is 421 g/mol. The molecular formula is C24H24FN3O3. The van der Waals surface area contributed by atoms with E-state index in [1.807, 2.05) is 0 Å². The Kier molecular flexibility index (Phi) is 5.93. The zero-order chi connectivity index (χ0) is 21.8. The van der Waals surface area contributed by atoms with Gasteiger partial charge in [0.05, 0.1) is 23.1 Å². The van der Waals surface area contributed by atoms with Crippen LogP contribution < -0.4 is 0 Å². The summed E-state index contributed by atoms with van der Waals surface area (Å²) in [7, 11) is 0. The Balaban J connectivity index is 1.63. The maximum atomic E-state index is 14.4. The summed E-state index contributed by atoms with van der Waals surface area (Å²) in [5.41, 5.74) is 1.29. The fourth-order valence-electron chi connectivity index (χ4n) is 4.26. The average Bonchev–Trinajstić information content (AvgIpc) is 2.80. The molecule has 7 heteroatoms. The number of halogens is 1. The van der Waals surface area contributed by atoms with Crippen molar-refractivity contribution in [2.24, 2.45) is 5.41 Å². The lowest BCUT2D eigenvalue weighted by Gasteiger charge is -2.41. The molecule has 1 saturated heterocycles. The molecule has 4 rings (SSSR count). The van der Waals surface area contributed by atoms with Crippen molar-refractivity contribution in [1.29, 1.82) is 0 Å². The Morgan fingerprint density at radius 3 is 2.68 bits per heavy atom. The van der Waals surface area contributed by atoms with Crippen LogP contribution in [0.2, 0.25) is 0 Å². The second-order valence-electron chi connectivity index (χ2n) is 7.86. The van der Waals surface area contributed by atoms with Crippen LogP contribution in [0.5, 0.6) is 0 Å². The van der Waals surface area contributed by atoms with Crippen molar-refractivity contribution in [2.75, 3.05) is 19.7 Å². The van der Waals surface area contributed by atoms with Crippen LogP contribution in [0, 0.1) is 11.2 Å². The molecule has 160 valence electrons. The molecule has 1 amide bonds. The first kappa shape index (κ1) is 20.9. The minimum Gasteiger partial charge on any atom is -0.466 e. The SMILES string of the molecule is CCOC(=O)[C@]1(Cc2ccccc2F)CCCN(C(=O)c2ccc3nccnc3c2)C1. The Morgan fingerprint density at radius 1 is 1.13 bits per heavy atom. The average molecular weight is 421 g/mol. The smallest absolute Gasteiger partial charge is 0.314 e. The molecule has 6 nitrogen and oxygen atoms in total. The van der Waals surface area contributed by atoms with Gasteiger partial charge >= 0.3 is 5.97 Å². The van der Waals surface area contributed by atoms with Crippen molar-refractivity contribution >= 4 is 22.9 Å². The molecule has 0 radical (unpaired) electrons. The van der Waals surface area contributed by atoms with E-state index in [1.165, 1.54) is 6.07 Å². The van der Waals surface area contributed by atoms with Gasteiger partial charge in [0.15, 0.2) is 0 Å². The fourth-order valence-corrected chi connectivity index (χ4v) is 4.26. The number of hydrogen-bond donors (Lipinski definition) is 0. The first-order valence-corrected chi connectivity index (χ1v) is 10.4. The number of ether oxygens (including phenoxy) is 1. The number of aromatic nitrogens is 2. The molecule has 1 aromatic heterocycles. The molecule has 3 aromatic rings. The number of amides is 1. The zero-order valence-electron chi connectivity index (χ0n) is 17.4. The number of carbonyl (C=O) groups excluding carboxylic acids is 2. The molecule has 0 unspecified atom stereocenters. The van der Waals surface area contributed by atoms with E-state index < -0.39 is 5.41 Å². The lowest BCUT2D eigenvalue weighted by molar-refractivity contribution is -0.158. The minimum atomic E-state index is -0.983. The molecule has 0 N–H and O–H groups in total. The lowest BCUT2D eigenvalue weighted by atomic mass is 9.74. The van der Waals surface area contributed by atoms with Crippen LogP contribution in [0.15, 0.2) is 54.9 Å². The van der Waals surface area contributed by atoms with E-state index in [1.54, 1.807) is 60.6 Å². The van der Waals surface area contributed by atoms with Crippen molar-refractivity contribution in [3.8, 4) is 0 Å². The number of benzene rings is 2. The van der Waals surface area contributed by atoms with E-state index in [2.05, 4.69) is 9.97 Å². The van der Waals surface area contributed by atoms with E-state index >= 15 is 0 Å². The highest BCUT2D eigenvalue weighted by Gasteiger charge is 2.45. The summed E-state index contributed by atoms with van der Waals surface area (Å²) >= 11 is 0. The second-order valence-corrected chi connectivity index (χ2v) is 7.86. The Labute approximate surface area is 180 Å². The Bertz CT molecular complexity index is 1120. The molecular weight excluding hydrogens is 397 g/mol. The molecule has 1 aliphatic heterocycles. The van der Waals surface area contributed by atoms with Gasteiger partial charge in [0, 0.05) is 31.0 Å². The lowest BCUT2D eigenvalue weighted by Crippen LogP contribution is -2.51. The maximum Gasteiger partial charge on any atom is 0.314 e. The van der Waals surface area contributed by atoms with Gasteiger partial charge < -0.3 is 9.64 Å². The van der Waals surface area contributed by atoms with Crippen LogP contribution >= 0.6 is 0 Å². The molecule has 0 bridgehead atoms. The van der Waals surface area contributed by atoms with Crippen LogP contribution in [0.25, 0.3) is 11.0 Å². The molecule has 31 heavy (non-hydrogen) atoms. The fraction of sp³-hybridized carbons (Fsp3) is 0.333. The highest BCUT2D eigenvalue weighted by atomic mass is 19.1. The van der Waals surface area contributed by atoms with Gasteiger partial charge in [-0.15, -0.1) is 0 Å². The van der Waals surface area contributed by atoms with Gasteiger partial charge in [0.2, 0.25) is 0 Å². The number of carbonyl (C=O) groups is 2. The normalized spacial score (nSPS) is 18.7. The number of esters is 1. The number of hydrogen-bond acceptors (Lipinski definition) is 5. The maximum absolute atomic E-state index is 14.4. The minimum absolute atomic E-state index is 0.178. The molecule has 2 aromatic carbocycles. The first-order valence-electron chi connectivity index (χ1n) is 10.4. The first-order chi connectivity index (χ1) is 15.0. The third kappa shape index (κ3) is 4.26. The van der Waals surface area contributed by atoms with E-state index in [0.29, 0.717) is 41.5 Å². The number of likely N-dealkylation sites (tertiary alicyclic amines) is 1. The van der Waals surface area contributed by atoms with Crippen molar-refractivity contribution in [2.45, 2.75) is 26.2 Å². The summed E-state index contributed by atoms with van der Waals surface area (Å²) in [6, 6.07) is 11.6. The summed E-state index contributed by atoms with van der Waals surface area (Å²) in [5.74, 6) is -0.933. The molecule has 0 aliphatic carbocycles. The van der Waals surface area contributed by atoms with Crippen molar-refractivity contribution in [3.63, 3.8) is 0 Å². The molecule has 2 heterocycles. The molecule has 1 atom stereocenters. The predicted octanol–water partition coefficient (Wildman–Crippen LogP) is 3.80. The van der Waals surface area contributed by atoms with Crippen LogP contribution in [-0.4, -0.2) is 46.4 Å². The van der Waals surface area contributed by atoms with E-state index in [9.17, 15) is 14.0 Å². The van der Waals surface area contributed by atoms with Crippen LogP contribution in [-0.2, 0) is 16.0 Å². The molecule has 1 fully saturated rings. The van der Waals surface area contributed by atoms with Crippen LogP contribution in [0.4, 0.5) is 4.39 Å². The number of nitrogens with zero attached hydrogens (tertiary/aromatic N) is 3. The largest absolute Gasteiger partial charge is 0.466 e. The van der Waals surface area contributed by atoms with Gasteiger partial charge in [-0.05, 0) is 56.0 Å². The third-order valence-electron chi connectivity index (χ3n) is 5.78. The molecule has 0 saturated carbocycles. The topological polar surface area (TPSA) is 72.4 Å². The highest BCUT2D eigenvalue weighted by molar-refractivity contribution is 5.97. The highest BCUT2D eigenvalue weighted by Crippen LogP contribution is 2.36. The van der Waals surface area contributed by atoms with E-state index in [0.717, 1.165) is 0 Å². The van der Waals surface area contributed by atoms with Gasteiger partial charge in [0.25, 0.3) is 5.91 Å². The van der Waals surface area contributed by atoms with Crippen molar-refractivity contribution in [1.82, 2.24) is 14.9 Å². The summed E-state index contributed by atoms with van der Waals surface area (Å²) < 4.78 is 19.8. The van der Waals surface area contributed by atoms with Crippen molar-refractivity contribution < 1.29 is 18.7 Å². The second kappa shape index (κ2) is 8.79. The number of piperidine rings is 1. The van der Waals surface area contributed by atoms with Crippen LogP contribution in [0.1, 0.15) is 35.7 Å². The number of fused-ring (bicyclic) bond motifs is 1. The van der Waals surface area contributed by atoms with Gasteiger partial charge in [-0.2, -0.15) is 0 Å². The third-order valence-corrected chi connectivity index (χ3v) is 5.78. The van der Waals surface area contributed by atoms with E-state index in [4.69, 9.17) is 4.74 Å². The van der Waals surface area contributed by atoms with Gasteiger partial charge in [-0.1, -0.05) is 18.2 Å². The zero-order valence-corrected chi connectivity index (χ0v) is 17.4. The molecule has 1 aliphatic rings. The quantitative estimate of drug-likeness (QED) is 0.586. The van der Waals surface area contributed by atoms with Crippen molar-refractivity contribution in [3.05, 3.63) is 71.8 Å². The van der Waals surface area contributed by atoms with Gasteiger partial charge in [-0.3, -0.25) is 19.6 Å². The summed E-state index contributed by atoms with van der Waals surface area (Å²) in [5, 5.41) is 0. The summed E-state index contributed by atoms with van der Waals surface area (Å²) in [6.45, 7) is 2.68. The van der Waals surface area contributed by atoms with Gasteiger partial charge in [0.1, 0.15) is 5.82 Å². The summed E-state index contributed by atoms with van der Waals surface area (Å²) in [4.78, 5) is 36.5. The predicted molar refractivity (Wildman–Crippen MR) is 114 cm³/mol.